The first-order valence-electron chi connectivity index (χ1n) is 7.31. The van der Waals surface area contributed by atoms with Gasteiger partial charge in [-0.25, -0.2) is 9.37 Å². The van der Waals surface area contributed by atoms with Crippen LogP contribution in [0.2, 0.25) is 0 Å². The second kappa shape index (κ2) is 6.63. The maximum atomic E-state index is 13.8. The van der Waals surface area contributed by atoms with Gasteiger partial charge in [0.05, 0.1) is 15.5 Å². The van der Waals surface area contributed by atoms with E-state index in [-0.39, 0.29) is 5.82 Å². The molecule has 0 unspecified atom stereocenters. The maximum absolute atomic E-state index is 13.8. The Bertz CT molecular complexity index is 637. The molecule has 1 fully saturated rings. The molecule has 21 heavy (non-hydrogen) atoms. The van der Waals surface area contributed by atoms with Crippen LogP contribution in [0.3, 0.4) is 0 Å². The number of rotatable bonds is 5. The zero-order chi connectivity index (χ0) is 14.8. The van der Waals surface area contributed by atoms with E-state index in [2.05, 4.69) is 30.4 Å². The molecule has 0 N–H and O–H groups in total. The van der Waals surface area contributed by atoms with Crippen molar-refractivity contribution < 1.29 is 4.39 Å². The van der Waals surface area contributed by atoms with Crippen molar-refractivity contribution in [1.29, 1.82) is 0 Å². The average molecular weight is 375 g/mol. The lowest BCUT2D eigenvalue weighted by atomic mass is 10.3. The van der Waals surface area contributed by atoms with Crippen LogP contribution in [0, 0.1) is 5.82 Å². The predicted octanol–water partition coefficient (Wildman–Crippen LogP) is 3.82. The van der Waals surface area contributed by atoms with Crippen molar-refractivity contribution in [2.24, 2.45) is 0 Å². The summed E-state index contributed by atoms with van der Waals surface area (Å²) in [7, 11) is 0. The average Bonchev–Trinajstić information content (AvgIpc) is 3.06. The van der Waals surface area contributed by atoms with Crippen molar-refractivity contribution in [3.8, 4) is 0 Å². The molecule has 0 saturated carbocycles. The number of alkyl halides is 1. The summed E-state index contributed by atoms with van der Waals surface area (Å²) in [5, 5.41) is 0. The van der Waals surface area contributed by atoms with Crippen molar-refractivity contribution in [3.63, 3.8) is 0 Å². The van der Waals surface area contributed by atoms with E-state index >= 15 is 0 Å². The number of hydrogen-bond donors (Lipinski definition) is 0. The summed E-state index contributed by atoms with van der Waals surface area (Å²) in [4.78, 5) is 7.06. The molecule has 3 rings (SSSR count). The molecule has 1 aliphatic heterocycles. The quantitative estimate of drug-likeness (QED) is 0.742. The van der Waals surface area contributed by atoms with Gasteiger partial charge in [0.1, 0.15) is 11.6 Å². The predicted molar refractivity (Wildman–Crippen MR) is 87.5 cm³/mol. The van der Waals surface area contributed by atoms with Crippen LogP contribution in [0.5, 0.6) is 0 Å². The van der Waals surface area contributed by atoms with Gasteiger partial charge in [-0.3, -0.25) is 0 Å². The molecule has 0 amide bonds. The van der Waals surface area contributed by atoms with E-state index in [1.54, 1.807) is 12.1 Å². The monoisotopic (exact) mass is 373 g/mol. The Kier molecular flexibility index (Phi) is 4.82. The lowest BCUT2D eigenvalue weighted by Crippen LogP contribution is -2.24. The van der Waals surface area contributed by atoms with E-state index in [1.807, 2.05) is 0 Å². The highest BCUT2D eigenvalue weighted by Gasteiger charge is 2.16. The van der Waals surface area contributed by atoms with Crippen LogP contribution in [0.1, 0.15) is 18.7 Å². The minimum absolute atomic E-state index is 0.248. The minimum atomic E-state index is -0.248. The molecular formula is C15H18BrClFN3. The van der Waals surface area contributed by atoms with Gasteiger partial charge in [-0.05, 0) is 47.9 Å². The second-order valence-electron chi connectivity index (χ2n) is 5.42. The molecule has 6 heteroatoms. The summed E-state index contributed by atoms with van der Waals surface area (Å²) in [6.07, 6.45) is 3.26. The summed E-state index contributed by atoms with van der Waals surface area (Å²) in [6.45, 7) is 4.15. The first-order chi connectivity index (χ1) is 10.2. The third-order valence-corrected chi connectivity index (χ3v) is 4.82. The largest absolute Gasteiger partial charge is 0.327 e. The normalized spacial score (nSPS) is 16.1. The third-order valence-electron chi connectivity index (χ3n) is 4.03. The fourth-order valence-electron chi connectivity index (χ4n) is 2.94. The number of likely N-dealkylation sites (tertiary alicyclic amines) is 1. The molecular weight excluding hydrogens is 357 g/mol. The Morgan fingerprint density at radius 2 is 2.00 bits per heavy atom. The van der Waals surface area contributed by atoms with Crippen molar-refractivity contribution in [2.45, 2.75) is 25.8 Å². The highest BCUT2D eigenvalue weighted by Crippen LogP contribution is 2.25. The van der Waals surface area contributed by atoms with Crippen LogP contribution in [0.4, 0.5) is 4.39 Å². The Labute approximate surface area is 137 Å². The molecule has 1 aliphatic rings. The van der Waals surface area contributed by atoms with Gasteiger partial charge in [0, 0.05) is 31.5 Å². The van der Waals surface area contributed by atoms with Crippen molar-refractivity contribution >= 4 is 38.6 Å². The Hall–Kier alpha value is -0.650. The van der Waals surface area contributed by atoms with Crippen LogP contribution in [-0.2, 0) is 13.0 Å². The molecule has 0 radical (unpaired) electrons. The van der Waals surface area contributed by atoms with E-state index in [0.29, 0.717) is 16.8 Å². The van der Waals surface area contributed by atoms with Crippen molar-refractivity contribution in [3.05, 3.63) is 28.2 Å². The summed E-state index contributed by atoms with van der Waals surface area (Å²) in [5.41, 5.74) is 1.68. The van der Waals surface area contributed by atoms with Gasteiger partial charge < -0.3 is 9.47 Å². The zero-order valence-electron chi connectivity index (χ0n) is 11.8. The number of hydrogen-bond acceptors (Lipinski definition) is 2. The highest BCUT2D eigenvalue weighted by molar-refractivity contribution is 9.10. The molecule has 1 aromatic heterocycles. The van der Waals surface area contributed by atoms with Crippen LogP contribution in [0.15, 0.2) is 16.6 Å². The van der Waals surface area contributed by atoms with Gasteiger partial charge in [-0.1, -0.05) is 0 Å². The second-order valence-corrected chi connectivity index (χ2v) is 6.65. The van der Waals surface area contributed by atoms with Gasteiger partial charge in [0.15, 0.2) is 0 Å². The fourth-order valence-corrected chi connectivity index (χ4v) is 3.44. The fraction of sp³-hybridized carbons (Fsp3) is 0.533. The zero-order valence-corrected chi connectivity index (χ0v) is 14.1. The minimum Gasteiger partial charge on any atom is -0.327 e. The number of nitrogens with zero attached hydrogens (tertiary/aromatic N) is 3. The first-order valence-corrected chi connectivity index (χ1v) is 8.64. The van der Waals surface area contributed by atoms with E-state index in [4.69, 9.17) is 11.6 Å². The van der Waals surface area contributed by atoms with Crippen molar-refractivity contribution in [2.75, 3.05) is 25.5 Å². The molecule has 0 aliphatic carbocycles. The van der Waals surface area contributed by atoms with Gasteiger partial charge >= 0.3 is 0 Å². The summed E-state index contributed by atoms with van der Waals surface area (Å²) >= 11 is 9.10. The van der Waals surface area contributed by atoms with Gasteiger partial charge in [-0.15, -0.1) is 11.6 Å². The van der Waals surface area contributed by atoms with Crippen LogP contribution in [0.25, 0.3) is 11.0 Å². The summed E-state index contributed by atoms with van der Waals surface area (Å²) in [6, 6.07) is 3.31. The van der Waals surface area contributed by atoms with E-state index in [1.165, 1.54) is 12.8 Å². The lowest BCUT2D eigenvalue weighted by molar-refractivity contribution is 0.322. The number of fused-ring (bicyclic) bond motifs is 1. The molecule has 2 heterocycles. The standard InChI is InChI=1S/C15H18BrClFN3/c16-11-9-13-14(10-12(11)18)21(15(19-13)3-4-17)8-7-20-5-1-2-6-20/h9-10H,1-8H2. The SMILES string of the molecule is Fc1cc2c(cc1Br)nc(CCCl)n2CCN1CCCC1. The number of imidazole rings is 1. The number of halogens is 3. The molecule has 114 valence electrons. The van der Waals surface area contributed by atoms with E-state index in [0.717, 1.165) is 43.0 Å². The van der Waals surface area contributed by atoms with Crippen LogP contribution >= 0.6 is 27.5 Å². The van der Waals surface area contributed by atoms with Gasteiger partial charge in [0.2, 0.25) is 0 Å². The highest BCUT2D eigenvalue weighted by atomic mass is 79.9. The molecule has 0 spiro atoms. The molecule has 3 nitrogen and oxygen atoms in total. The lowest BCUT2D eigenvalue weighted by Gasteiger charge is -2.16. The van der Waals surface area contributed by atoms with Gasteiger partial charge in [0.25, 0.3) is 0 Å². The molecule has 2 aromatic rings. The first kappa shape index (κ1) is 15.3. The summed E-state index contributed by atoms with van der Waals surface area (Å²) in [5.74, 6) is 1.22. The Morgan fingerprint density at radius 1 is 1.24 bits per heavy atom. The van der Waals surface area contributed by atoms with E-state index in [9.17, 15) is 4.39 Å². The van der Waals surface area contributed by atoms with Crippen molar-refractivity contribution in [1.82, 2.24) is 14.5 Å². The number of aromatic nitrogens is 2. The number of benzene rings is 1. The van der Waals surface area contributed by atoms with Crippen LogP contribution in [-0.4, -0.2) is 40.0 Å². The molecule has 0 atom stereocenters. The van der Waals surface area contributed by atoms with E-state index < -0.39 is 0 Å². The molecule has 0 bridgehead atoms. The Balaban J connectivity index is 1.92. The molecule has 1 aromatic carbocycles. The molecule has 1 saturated heterocycles. The van der Waals surface area contributed by atoms with Gasteiger partial charge in [-0.2, -0.15) is 0 Å². The topological polar surface area (TPSA) is 21.1 Å². The third kappa shape index (κ3) is 3.25. The smallest absolute Gasteiger partial charge is 0.139 e. The Morgan fingerprint density at radius 3 is 2.71 bits per heavy atom. The number of aryl methyl sites for hydroxylation is 1. The maximum Gasteiger partial charge on any atom is 0.139 e. The van der Waals surface area contributed by atoms with Crippen LogP contribution < -0.4 is 0 Å². The summed E-state index contributed by atoms with van der Waals surface area (Å²) < 4.78 is 16.4.